The lowest BCUT2D eigenvalue weighted by Gasteiger charge is -2.20. The Bertz CT molecular complexity index is 652. The second-order valence-electron chi connectivity index (χ2n) is 4.23. The molecule has 0 spiro atoms. The minimum absolute atomic E-state index is 0.0390. The fraction of sp³-hybridized carbons (Fsp3) is 0.200. The van der Waals surface area contributed by atoms with Crippen molar-refractivity contribution in [1.29, 1.82) is 0 Å². The number of esters is 1. The van der Waals surface area contributed by atoms with Crippen molar-refractivity contribution >= 4 is 33.9 Å². The van der Waals surface area contributed by atoms with E-state index in [4.69, 9.17) is 4.74 Å². The van der Waals surface area contributed by atoms with Crippen LogP contribution in [-0.2, 0) is 9.53 Å². The van der Waals surface area contributed by atoms with E-state index in [2.05, 4.69) is 0 Å². The number of nitrogens with zero attached hydrogens (tertiary/aromatic N) is 1. The monoisotopic (exact) mass is 305 g/mol. The molecule has 2 rings (SSSR count). The predicted octanol–water partition coefficient (Wildman–Crippen LogP) is 3.32. The molecule has 0 atom stereocenters. The molecule has 1 heterocycles. The normalized spacial score (nSPS) is 10.2. The van der Waals surface area contributed by atoms with E-state index in [-0.39, 0.29) is 23.8 Å². The van der Waals surface area contributed by atoms with Crippen LogP contribution in [0.25, 0.3) is 0 Å². The molecule has 110 valence electrons. The maximum Gasteiger partial charge on any atom is 0.341 e. The topological polar surface area (TPSA) is 66.8 Å². The fourth-order valence-electron chi connectivity index (χ4n) is 1.90. The van der Waals surface area contributed by atoms with Crippen LogP contribution in [0.1, 0.15) is 24.2 Å². The summed E-state index contributed by atoms with van der Waals surface area (Å²) in [5.41, 5.74) is 0.544. The van der Waals surface area contributed by atoms with E-state index in [0.717, 1.165) is 5.00 Å². The van der Waals surface area contributed by atoms with E-state index < -0.39 is 5.97 Å². The molecule has 0 unspecified atom stereocenters. The first-order valence-corrected chi connectivity index (χ1v) is 7.27. The van der Waals surface area contributed by atoms with Crippen LogP contribution in [-0.4, -0.2) is 23.6 Å². The van der Waals surface area contributed by atoms with Gasteiger partial charge in [0.2, 0.25) is 5.91 Å². The Balaban J connectivity index is 2.45. The Morgan fingerprint density at radius 2 is 2.10 bits per heavy atom. The highest BCUT2D eigenvalue weighted by molar-refractivity contribution is 7.14. The van der Waals surface area contributed by atoms with E-state index in [0.29, 0.717) is 5.69 Å². The zero-order valence-electron chi connectivity index (χ0n) is 11.7. The van der Waals surface area contributed by atoms with Crippen molar-refractivity contribution < 1.29 is 19.4 Å². The smallest absolute Gasteiger partial charge is 0.341 e. The number of thiophene rings is 1. The lowest BCUT2D eigenvalue weighted by Crippen LogP contribution is -2.22. The van der Waals surface area contributed by atoms with Gasteiger partial charge in [0.15, 0.2) is 0 Å². The van der Waals surface area contributed by atoms with Crippen LogP contribution < -0.4 is 4.90 Å². The molecule has 0 saturated heterocycles. The van der Waals surface area contributed by atoms with Gasteiger partial charge in [0.1, 0.15) is 16.3 Å². The number of anilines is 2. The molecule has 2 aromatic rings. The first-order chi connectivity index (χ1) is 10.0. The number of hydrogen-bond donors (Lipinski definition) is 1. The van der Waals surface area contributed by atoms with Crippen molar-refractivity contribution in [3.8, 4) is 5.75 Å². The van der Waals surface area contributed by atoms with Gasteiger partial charge in [0.25, 0.3) is 0 Å². The number of phenolic OH excluding ortho intramolecular Hbond substituents is 1. The van der Waals surface area contributed by atoms with E-state index in [1.807, 2.05) is 17.5 Å². The van der Waals surface area contributed by atoms with Gasteiger partial charge in [-0.1, -0.05) is 0 Å². The number of carbonyl (C=O) groups excluding carboxylic acids is 2. The first kappa shape index (κ1) is 15.1. The van der Waals surface area contributed by atoms with E-state index in [1.54, 1.807) is 13.0 Å². The molecule has 0 aliphatic rings. The largest absolute Gasteiger partial charge is 0.507 e. The molecule has 0 radical (unpaired) electrons. The quantitative estimate of drug-likeness (QED) is 0.880. The third-order valence-electron chi connectivity index (χ3n) is 2.78. The number of aromatic hydroxyl groups is 1. The van der Waals surface area contributed by atoms with Gasteiger partial charge < -0.3 is 9.84 Å². The SMILES string of the molecule is CCOC(=O)c1cc(N(C(C)=O)c2cccs2)ccc1O. The lowest BCUT2D eigenvalue weighted by atomic mass is 10.1. The van der Waals surface area contributed by atoms with Gasteiger partial charge in [0.05, 0.1) is 12.3 Å². The fourth-order valence-corrected chi connectivity index (χ4v) is 2.69. The van der Waals surface area contributed by atoms with Gasteiger partial charge >= 0.3 is 5.97 Å². The van der Waals surface area contributed by atoms with Crippen LogP contribution in [0.15, 0.2) is 35.7 Å². The number of hydrogen-bond acceptors (Lipinski definition) is 5. The second kappa shape index (κ2) is 6.41. The highest BCUT2D eigenvalue weighted by Gasteiger charge is 2.19. The van der Waals surface area contributed by atoms with Crippen molar-refractivity contribution in [3.63, 3.8) is 0 Å². The van der Waals surface area contributed by atoms with Crippen molar-refractivity contribution in [3.05, 3.63) is 41.3 Å². The summed E-state index contributed by atoms with van der Waals surface area (Å²) in [7, 11) is 0. The van der Waals surface area contributed by atoms with Crippen molar-refractivity contribution in [2.24, 2.45) is 0 Å². The van der Waals surface area contributed by atoms with Gasteiger partial charge in [-0.3, -0.25) is 9.69 Å². The molecule has 1 amide bonds. The molecule has 5 nitrogen and oxygen atoms in total. The average molecular weight is 305 g/mol. The van der Waals surface area contributed by atoms with Crippen LogP contribution in [0.4, 0.5) is 10.7 Å². The summed E-state index contributed by atoms with van der Waals surface area (Å²) in [6.45, 7) is 3.34. The Hall–Kier alpha value is -2.34. The van der Waals surface area contributed by atoms with Crippen molar-refractivity contribution in [2.75, 3.05) is 11.5 Å². The Morgan fingerprint density at radius 1 is 1.33 bits per heavy atom. The molecule has 0 saturated carbocycles. The van der Waals surface area contributed by atoms with Gasteiger partial charge in [0, 0.05) is 6.92 Å². The van der Waals surface area contributed by atoms with E-state index in [1.165, 1.54) is 35.3 Å². The number of amides is 1. The molecule has 0 fully saturated rings. The van der Waals surface area contributed by atoms with E-state index >= 15 is 0 Å². The maximum atomic E-state index is 11.9. The summed E-state index contributed by atoms with van der Waals surface area (Å²) in [6, 6.07) is 8.06. The molecular formula is C15H15NO4S. The van der Waals surface area contributed by atoms with Gasteiger partial charge in [-0.25, -0.2) is 4.79 Å². The molecule has 6 heteroatoms. The molecule has 0 bridgehead atoms. The van der Waals surface area contributed by atoms with Gasteiger partial charge in [-0.05, 0) is 42.6 Å². The maximum absolute atomic E-state index is 11.9. The molecule has 21 heavy (non-hydrogen) atoms. The zero-order valence-corrected chi connectivity index (χ0v) is 12.5. The van der Waals surface area contributed by atoms with Crippen LogP contribution in [0.5, 0.6) is 5.75 Å². The standard InChI is InChI=1S/C15H15NO4S/c1-3-20-15(19)12-9-11(6-7-13(12)18)16(10(2)17)14-5-4-8-21-14/h4-9,18H,3H2,1-2H3. The zero-order chi connectivity index (χ0) is 15.4. The number of rotatable bonds is 4. The third-order valence-corrected chi connectivity index (χ3v) is 3.63. The molecule has 1 aromatic carbocycles. The van der Waals surface area contributed by atoms with Crippen LogP contribution in [0.3, 0.4) is 0 Å². The van der Waals surface area contributed by atoms with Crippen LogP contribution in [0.2, 0.25) is 0 Å². The van der Waals surface area contributed by atoms with Gasteiger partial charge in [-0.2, -0.15) is 0 Å². The van der Waals surface area contributed by atoms with Crippen molar-refractivity contribution in [1.82, 2.24) is 0 Å². The minimum atomic E-state index is -0.619. The number of phenols is 1. The number of benzene rings is 1. The average Bonchev–Trinajstić information content (AvgIpc) is 2.94. The molecule has 0 aliphatic carbocycles. The first-order valence-electron chi connectivity index (χ1n) is 6.39. The minimum Gasteiger partial charge on any atom is -0.507 e. The highest BCUT2D eigenvalue weighted by Crippen LogP contribution is 2.32. The number of carbonyl (C=O) groups is 2. The molecule has 1 aromatic heterocycles. The third kappa shape index (κ3) is 3.22. The predicted molar refractivity (Wildman–Crippen MR) is 81.2 cm³/mol. The lowest BCUT2D eigenvalue weighted by molar-refractivity contribution is -0.115. The molecule has 1 N–H and O–H groups in total. The Labute approximate surface area is 126 Å². The van der Waals surface area contributed by atoms with Gasteiger partial charge in [-0.15, -0.1) is 11.3 Å². The summed E-state index contributed by atoms with van der Waals surface area (Å²) < 4.78 is 4.89. The second-order valence-corrected chi connectivity index (χ2v) is 5.15. The highest BCUT2D eigenvalue weighted by atomic mass is 32.1. The molecule has 0 aliphatic heterocycles. The summed E-state index contributed by atoms with van der Waals surface area (Å²) in [5, 5.41) is 12.4. The summed E-state index contributed by atoms with van der Waals surface area (Å²) in [5.74, 6) is -0.976. The Morgan fingerprint density at radius 3 is 2.67 bits per heavy atom. The Kier molecular flexibility index (Phi) is 4.59. The van der Waals surface area contributed by atoms with Crippen LogP contribution in [0, 0.1) is 0 Å². The summed E-state index contributed by atoms with van der Waals surface area (Å²) in [6.07, 6.45) is 0. The van der Waals surface area contributed by atoms with E-state index in [9.17, 15) is 14.7 Å². The van der Waals surface area contributed by atoms with Crippen LogP contribution >= 0.6 is 11.3 Å². The van der Waals surface area contributed by atoms with Crippen molar-refractivity contribution in [2.45, 2.75) is 13.8 Å². The molecular weight excluding hydrogens is 290 g/mol. The summed E-state index contributed by atoms with van der Waals surface area (Å²) in [4.78, 5) is 25.2. The summed E-state index contributed by atoms with van der Waals surface area (Å²) >= 11 is 1.41. The number of ether oxygens (including phenoxy) is 1.